The second-order valence-corrected chi connectivity index (χ2v) is 7.67. The largest absolute Gasteiger partial charge is 0.354 e. The molecular formula is C23H28N2. The normalized spacial score (nSPS) is 17.8. The van der Waals surface area contributed by atoms with Crippen LogP contribution in [0, 0.1) is 13.8 Å². The number of nitrogens with zero attached hydrogens (tertiary/aromatic N) is 1. The number of anilines is 1. The molecule has 1 saturated carbocycles. The SMILES string of the molecule is Cc1cc(C)c(NC2=CCCc3cccnc32)c(C2CCCCC2)c1. The minimum Gasteiger partial charge on any atom is -0.354 e. The van der Waals surface area contributed by atoms with Crippen LogP contribution in [0.25, 0.3) is 5.70 Å². The summed E-state index contributed by atoms with van der Waals surface area (Å²) in [7, 11) is 0. The number of hydrogen-bond donors (Lipinski definition) is 1. The number of aromatic nitrogens is 1. The molecule has 2 heteroatoms. The lowest BCUT2D eigenvalue weighted by Crippen LogP contribution is -2.13. The Balaban J connectivity index is 1.72. The fraction of sp³-hybridized carbons (Fsp3) is 0.435. The van der Waals surface area contributed by atoms with Gasteiger partial charge in [0.1, 0.15) is 0 Å². The second kappa shape index (κ2) is 7.03. The van der Waals surface area contributed by atoms with E-state index in [1.165, 1.54) is 65.7 Å². The lowest BCUT2D eigenvalue weighted by atomic mass is 9.82. The van der Waals surface area contributed by atoms with Crippen LogP contribution in [0.2, 0.25) is 0 Å². The molecule has 0 aliphatic heterocycles. The quantitative estimate of drug-likeness (QED) is 0.729. The first-order valence-electron chi connectivity index (χ1n) is 9.75. The van der Waals surface area contributed by atoms with E-state index in [0.29, 0.717) is 5.92 Å². The molecule has 0 amide bonds. The van der Waals surface area contributed by atoms with E-state index < -0.39 is 0 Å². The molecular weight excluding hydrogens is 304 g/mol. The van der Waals surface area contributed by atoms with Crippen LogP contribution in [0.5, 0.6) is 0 Å². The van der Waals surface area contributed by atoms with Crippen LogP contribution in [0.4, 0.5) is 5.69 Å². The lowest BCUT2D eigenvalue weighted by molar-refractivity contribution is 0.444. The summed E-state index contributed by atoms with van der Waals surface area (Å²) in [5, 5.41) is 3.80. The molecule has 1 aromatic heterocycles. The molecule has 2 aromatic rings. The molecule has 2 aliphatic carbocycles. The highest BCUT2D eigenvalue weighted by atomic mass is 14.9. The summed E-state index contributed by atoms with van der Waals surface area (Å²) in [6.45, 7) is 4.46. The number of pyridine rings is 1. The minimum atomic E-state index is 0.697. The van der Waals surface area contributed by atoms with Crippen LogP contribution in [0.3, 0.4) is 0 Å². The van der Waals surface area contributed by atoms with Crippen molar-refractivity contribution in [1.29, 1.82) is 0 Å². The smallest absolute Gasteiger partial charge is 0.0893 e. The summed E-state index contributed by atoms with van der Waals surface area (Å²) in [5.74, 6) is 0.697. The van der Waals surface area contributed by atoms with E-state index in [9.17, 15) is 0 Å². The molecule has 4 rings (SSSR count). The Labute approximate surface area is 151 Å². The van der Waals surface area contributed by atoms with E-state index in [2.05, 4.69) is 48.4 Å². The number of allylic oxidation sites excluding steroid dienone is 1. The fourth-order valence-corrected chi connectivity index (χ4v) is 4.50. The molecule has 0 radical (unpaired) electrons. The van der Waals surface area contributed by atoms with Crippen LogP contribution in [-0.2, 0) is 6.42 Å². The van der Waals surface area contributed by atoms with E-state index in [-0.39, 0.29) is 0 Å². The standard InChI is InChI=1S/C23H28N2/c1-16-14-17(2)22(20(15-16)18-8-4-3-5-9-18)25-21-12-6-10-19-11-7-13-24-23(19)21/h7,11-15,18,25H,3-6,8-10H2,1-2H3. The summed E-state index contributed by atoms with van der Waals surface area (Å²) >= 11 is 0. The maximum atomic E-state index is 4.66. The molecule has 2 aliphatic rings. The van der Waals surface area contributed by atoms with Crippen molar-refractivity contribution in [3.05, 3.63) is 64.5 Å². The summed E-state index contributed by atoms with van der Waals surface area (Å²) in [4.78, 5) is 4.66. The molecule has 0 spiro atoms. The monoisotopic (exact) mass is 332 g/mol. The average molecular weight is 332 g/mol. The first-order chi connectivity index (χ1) is 12.2. The van der Waals surface area contributed by atoms with Gasteiger partial charge in [0, 0.05) is 11.9 Å². The number of benzene rings is 1. The molecule has 1 N–H and O–H groups in total. The zero-order chi connectivity index (χ0) is 17.2. The lowest BCUT2D eigenvalue weighted by Gasteiger charge is -2.28. The van der Waals surface area contributed by atoms with Gasteiger partial charge in [-0.3, -0.25) is 4.98 Å². The Morgan fingerprint density at radius 3 is 2.76 bits per heavy atom. The predicted molar refractivity (Wildman–Crippen MR) is 106 cm³/mol. The van der Waals surface area contributed by atoms with Crippen LogP contribution in [0.15, 0.2) is 36.5 Å². The number of aryl methyl sites for hydroxylation is 3. The van der Waals surface area contributed by atoms with Crippen LogP contribution < -0.4 is 5.32 Å². The van der Waals surface area contributed by atoms with E-state index in [0.717, 1.165) is 18.5 Å². The Morgan fingerprint density at radius 1 is 1.08 bits per heavy atom. The van der Waals surface area contributed by atoms with Gasteiger partial charge in [0.05, 0.1) is 11.4 Å². The Bertz CT molecular complexity index is 798. The third-order valence-corrected chi connectivity index (χ3v) is 5.72. The van der Waals surface area contributed by atoms with E-state index in [1.807, 2.05) is 12.3 Å². The minimum absolute atomic E-state index is 0.697. The van der Waals surface area contributed by atoms with Crippen molar-refractivity contribution in [2.24, 2.45) is 0 Å². The van der Waals surface area contributed by atoms with E-state index >= 15 is 0 Å². The van der Waals surface area contributed by atoms with Gasteiger partial charge in [-0.25, -0.2) is 0 Å². The Morgan fingerprint density at radius 2 is 1.92 bits per heavy atom. The molecule has 130 valence electrons. The molecule has 1 aromatic carbocycles. The number of fused-ring (bicyclic) bond motifs is 1. The van der Waals surface area contributed by atoms with Crippen molar-refractivity contribution in [3.63, 3.8) is 0 Å². The molecule has 0 atom stereocenters. The van der Waals surface area contributed by atoms with Crippen LogP contribution in [0.1, 0.15) is 72.4 Å². The first-order valence-corrected chi connectivity index (χ1v) is 9.75. The van der Waals surface area contributed by atoms with Crippen LogP contribution >= 0.6 is 0 Å². The second-order valence-electron chi connectivity index (χ2n) is 7.67. The predicted octanol–water partition coefficient (Wildman–Crippen LogP) is 6.15. The highest BCUT2D eigenvalue weighted by Gasteiger charge is 2.22. The van der Waals surface area contributed by atoms with Gasteiger partial charge in [-0.05, 0) is 68.2 Å². The average Bonchev–Trinajstić information content (AvgIpc) is 2.64. The highest BCUT2D eigenvalue weighted by molar-refractivity contribution is 5.80. The molecule has 0 saturated heterocycles. The molecule has 0 unspecified atom stereocenters. The van der Waals surface area contributed by atoms with Gasteiger partial charge in [0.25, 0.3) is 0 Å². The third-order valence-electron chi connectivity index (χ3n) is 5.72. The van der Waals surface area contributed by atoms with E-state index in [1.54, 1.807) is 0 Å². The molecule has 1 heterocycles. The summed E-state index contributed by atoms with van der Waals surface area (Å²) < 4.78 is 0. The highest BCUT2D eigenvalue weighted by Crippen LogP contribution is 2.40. The molecule has 1 fully saturated rings. The summed E-state index contributed by atoms with van der Waals surface area (Å²) in [6.07, 6.45) is 13.2. The van der Waals surface area contributed by atoms with Crippen LogP contribution in [-0.4, -0.2) is 4.98 Å². The van der Waals surface area contributed by atoms with Gasteiger partial charge in [0.2, 0.25) is 0 Å². The summed E-state index contributed by atoms with van der Waals surface area (Å²) in [6, 6.07) is 8.97. The van der Waals surface area contributed by atoms with E-state index in [4.69, 9.17) is 0 Å². The molecule has 0 bridgehead atoms. The zero-order valence-corrected chi connectivity index (χ0v) is 15.4. The fourth-order valence-electron chi connectivity index (χ4n) is 4.50. The number of rotatable bonds is 3. The third kappa shape index (κ3) is 3.35. The van der Waals surface area contributed by atoms with Crippen molar-refractivity contribution in [2.45, 2.75) is 64.7 Å². The van der Waals surface area contributed by atoms with Crippen molar-refractivity contribution < 1.29 is 0 Å². The maximum absolute atomic E-state index is 4.66. The van der Waals surface area contributed by atoms with Crippen molar-refractivity contribution in [2.75, 3.05) is 5.32 Å². The topological polar surface area (TPSA) is 24.9 Å². The number of hydrogen-bond acceptors (Lipinski definition) is 2. The van der Waals surface area contributed by atoms with Gasteiger partial charge < -0.3 is 5.32 Å². The van der Waals surface area contributed by atoms with Gasteiger partial charge in [-0.1, -0.05) is 49.1 Å². The maximum Gasteiger partial charge on any atom is 0.0893 e. The zero-order valence-electron chi connectivity index (χ0n) is 15.4. The van der Waals surface area contributed by atoms with Gasteiger partial charge in [0.15, 0.2) is 0 Å². The molecule has 25 heavy (non-hydrogen) atoms. The van der Waals surface area contributed by atoms with Gasteiger partial charge >= 0.3 is 0 Å². The van der Waals surface area contributed by atoms with Crippen molar-refractivity contribution >= 4 is 11.4 Å². The Kier molecular flexibility index (Phi) is 4.61. The molecule has 2 nitrogen and oxygen atoms in total. The van der Waals surface area contributed by atoms with Crippen molar-refractivity contribution in [1.82, 2.24) is 4.98 Å². The van der Waals surface area contributed by atoms with Gasteiger partial charge in [-0.15, -0.1) is 0 Å². The first kappa shape index (κ1) is 16.4. The number of nitrogens with one attached hydrogen (secondary N) is 1. The van der Waals surface area contributed by atoms with Crippen molar-refractivity contribution in [3.8, 4) is 0 Å². The Hall–Kier alpha value is -2.09. The summed E-state index contributed by atoms with van der Waals surface area (Å²) in [5.41, 5.74) is 9.23. The van der Waals surface area contributed by atoms with Gasteiger partial charge in [-0.2, -0.15) is 0 Å².